The summed E-state index contributed by atoms with van der Waals surface area (Å²) in [6.45, 7) is 0. The monoisotopic (exact) mass is 281 g/mol. The summed E-state index contributed by atoms with van der Waals surface area (Å²) < 4.78 is 33.6. The van der Waals surface area contributed by atoms with E-state index in [-0.39, 0.29) is 11.3 Å². The Hall–Kier alpha value is -1.49. The zero-order chi connectivity index (χ0) is 13.4. The molecule has 0 bridgehead atoms. The fraction of sp³-hybridized carbons (Fsp3) is 0. The normalized spacial score (nSPS) is 12.8. The summed E-state index contributed by atoms with van der Waals surface area (Å²) in [7, 11) is -5.18. The van der Waals surface area contributed by atoms with E-state index in [0.29, 0.717) is 6.29 Å². The molecule has 8 nitrogen and oxygen atoms in total. The molecule has 0 aliphatic carbocycles. The third-order valence-electron chi connectivity index (χ3n) is 1.38. The van der Waals surface area contributed by atoms with Gasteiger partial charge < -0.3 is 0 Å². The van der Waals surface area contributed by atoms with E-state index >= 15 is 0 Å². The molecule has 1 aromatic carbocycles. The van der Waals surface area contributed by atoms with E-state index in [0.717, 1.165) is 0 Å². The highest BCUT2D eigenvalue weighted by Crippen LogP contribution is 2.14. The first-order valence-corrected chi connectivity index (χ1v) is 6.54. The number of benzene rings is 1. The minimum atomic E-state index is -2.59. The Morgan fingerprint density at radius 3 is 1.94 bits per heavy atom. The highest BCUT2D eigenvalue weighted by Gasteiger charge is 2.09. The molecule has 17 heavy (non-hydrogen) atoms. The molecular formula is C7H7NO7S2. The van der Waals surface area contributed by atoms with Crippen LogP contribution >= 0.6 is 0 Å². The van der Waals surface area contributed by atoms with Crippen LogP contribution in [0.1, 0.15) is 10.4 Å². The standard InChI is InChI=1S/C7H5NO3.H2O4S2/c9-5-6-3-1-2-4-7(6)8(10)11;1-5(2)6(3)4/h1-5H;(H,1,2)(H,3,4). The van der Waals surface area contributed by atoms with Crippen LogP contribution < -0.4 is 0 Å². The molecule has 94 valence electrons. The van der Waals surface area contributed by atoms with E-state index in [4.69, 9.17) is 9.11 Å². The van der Waals surface area contributed by atoms with Crippen molar-refractivity contribution in [3.8, 4) is 0 Å². The van der Waals surface area contributed by atoms with Gasteiger partial charge in [-0.1, -0.05) is 12.1 Å². The van der Waals surface area contributed by atoms with E-state index in [2.05, 4.69) is 0 Å². The van der Waals surface area contributed by atoms with E-state index in [1.165, 1.54) is 18.2 Å². The summed E-state index contributed by atoms with van der Waals surface area (Å²) in [5.41, 5.74) is -0.0417. The molecule has 0 saturated heterocycles. The average molecular weight is 281 g/mol. The summed E-state index contributed by atoms with van der Waals surface area (Å²) in [5, 5.41) is 10.2. The summed E-state index contributed by atoms with van der Waals surface area (Å²) in [5.74, 6) is 0. The van der Waals surface area contributed by atoms with Crippen LogP contribution in [0.2, 0.25) is 0 Å². The van der Waals surface area contributed by atoms with Crippen molar-refractivity contribution in [2.24, 2.45) is 0 Å². The number of hydrogen-bond donors (Lipinski definition) is 2. The molecule has 0 amide bonds. The molecule has 1 aromatic rings. The van der Waals surface area contributed by atoms with Crippen LogP contribution in [0.15, 0.2) is 24.3 Å². The van der Waals surface area contributed by atoms with Crippen LogP contribution in [-0.2, 0) is 20.2 Å². The van der Waals surface area contributed by atoms with E-state index in [1.54, 1.807) is 6.07 Å². The summed E-state index contributed by atoms with van der Waals surface area (Å²) in [4.78, 5) is 19.9. The number of nitro groups is 1. The van der Waals surface area contributed by atoms with Gasteiger partial charge in [0, 0.05) is 6.07 Å². The summed E-state index contributed by atoms with van der Waals surface area (Å²) in [6.07, 6.45) is 0.470. The number of aldehydes is 1. The van der Waals surface area contributed by atoms with Crippen LogP contribution in [0, 0.1) is 10.1 Å². The first kappa shape index (κ1) is 15.5. The first-order chi connectivity index (χ1) is 7.90. The second-order valence-corrected chi connectivity index (χ2v) is 4.95. The second-order valence-electron chi connectivity index (χ2n) is 2.37. The molecule has 0 spiro atoms. The van der Waals surface area contributed by atoms with Gasteiger partial charge in [-0.3, -0.25) is 24.0 Å². The molecule has 2 unspecified atom stereocenters. The molecule has 10 heteroatoms. The Balaban J connectivity index is 0.000000366. The fourth-order valence-corrected chi connectivity index (χ4v) is 0.753. The van der Waals surface area contributed by atoms with Crippen LogP contribution in [0.5, 0.6) is 0 Å². The summed E-state index contributed by atoms with van der Waals surface area (Å²) in [6, 6.07) is 5.80. The van der Waals surface area contributed by atoms with Gasteiger partial charge in [0.05, 0.1) is 10.5 Å². The minimum absolute atomic E-state index is 0.109. The van der Waals surface area contributed by atoms with Gasteiger partial charge in [-0.25, -0.2) is 8.42 Å². The lowest BCUT2D eigenvalue weighted by atomic mass is 10.2. The largest absolute Gasteiger partial charge is 0.298 e. The van der Waals surface area contributed by atoms with Crippen LogP contribution in [0.25, 0.3) is 0 Å². The highest BCUT2D eigenvalue weighted by molar-refractivity contribution is 8.56. The van der Waals surface area contributed by atoms with Crippen LogP contribution in [0.3, 0.4) is 0 Å². The predicted molar refractivity (Wildman–Crippen MR) is 60.0 cm³/mol. The Kier molecular flexibility index (Phi) is 7.05. The van der Waals surface area contributed by atoms with Gasteiger partial charge in [-0.2, -0.15) is 0 Å². The van der Waals surface area contributed by atoms with Crippen molar-refractivity contribution in [3.63, 3.8) is 0 Å². The molecule has 2 N–H and O–H groups in total. The molecular weight excluding hydrogens is 274 g/mol. The Labute approximate surface area is 99.8 Å². The molecule has 0 fully saturated rings. The number of nitrogens with zero attached hydrogens (tertiary/aromatic N) is 1. The number of carbonyl (C=O) groups excluding carboxylic acids is 1. The first-order valence-electron chi connectivity index (χ1n) is 3.81. The molecule has 2 atom stereocenters. The van der Waals surface area contributed by atoms with Gasteiger partial charge in [0.25, 0.3) is 25.9 Å². The number of rotatable bonds is 3. The molecule has 1 rings (SSSR count). The predicted octanol–water partition coefficient (Wildman–Crippen LogP) is 0.752. The van der Waals surface area contributed by atoms with Crippen molar-refractivity contribution in [2.45, 2.75) is 0 Å². The third-order valence-corrected chi connectivity index (χ3v) is 2.36. The smallest absolute Gasteiger partial charge is 0.279 e. The molecule has 0 heterocycles. The molecule has 0 saturated carbocycles. The maximum absolute atomic E-state index is 10.2. The van der Waals surface area contributed by atoms with Gasteiger partial charge >= 0.3 is 0 Å². The third kappa shape index (κ3) is 5.97. The Bertz CT molecular complexity index is 449. The zero-order valence-electron chi connectivity index (χ0n) is 8.09. The quantitative estimate of drug-likeness (QED) is 0.274. The minimum Gasteiger partial charge on any atom is -0.298 e. The number of carbonyl (C=O) groups is 1. The van der Waals surface area contributed by atoms with Crippen molar-refractivity contribution in [1.29, 1.82) is 0 Å². The average Bonchev–Trinajstić information content (AvgIpc) is 2.29. The van der Waals surface area contributed by atoms with E-state index in [9.17, 15) is 23.3 Å². The van der Waals surface area contributed by atoms with Crippen LogP contribution in [-0.4, -0.2) is 28.7 Å². The van der Waals surface area contributed by atoms with Crippen molar-refractivity contribution < 1.29 is 27.2 Å². The van der Waals surface area contributed by atoms with Gasteiger partial charge in [-0.15, -0.1) is 0 Å². The Morgan fingerprint density at radius 1 is 1.18 bits per heavy atom. The van der Waals surface area contributed by atoms with E-state index < -0.39 is 25.1 Å². The van der Waals surface area contributed by atoms with Gasteiger partial charge in [0.1, 0.15) is 0 Å². The van der Waals surface area contributed by atoms with Gasteiger partial charge in [0.2, 0.25) is 0 Å². The zero-order valence-corrected chi connectivity index (χ0v) is 9.72. The number of para-hydroxylation sites is 1. The fourth-order valence-electron chi connectivity index (χ4n) is 0.753. The molecule has 0 aliphatic rings. The van der Waals surface area contributed by atoms with Crippen molar-refractivity contribution in [1.82, 2.24) is 0 Å². The number of nitro benzene ring substituents is 1. The van der Waals surface area contributed by atoms with Gasteiger partial charge in [-0.05, 0) is 6.07 Å². The molecule has 0 aliphatic heterocycles. The van der Waals surface area contributed by atoms with Crippen LogP contribution in [0.4, 0.5) is 5.69 Å². The molecule has 0 aromatic heterocycles. The SMILES string of the molecule is O=Cc1ccccc1[N+](=O)[O-].O=S(O)S(=O)O. The van der Waals surface area contributed by atoms with E-state index in [1.807, 2.05) is 0 Å². The maximum atomic E-state index is 10.2. The lowest BCUT2D eigenvalue weighted by Crippen LogP contribution is -1.93. The van der Waals surface area contributed by atoms with Gasteiger partial charge in [0.15, 0.2) is 6.29 Å². The topological polar surface area (TPSA) is 135 Å². The lowest BCUT2D eigenvalue weighted by Gasteiger charge is -1.91. The highest BCUT2D eigenvalue weighted by atomic mass is 33.2. The van der Waals surface area contributed by atoms with Crippen molar-refractivity contribution >= 4 is 32.2 Å². The maximum Gasteiger partial charge on any atom is 0.279 e. The summed E-state index contributed by atoms with van der Waals surface area (Å²) >= 11 is 0. The Morgan fingerprint density at radius 2 is 1.65 bits per heavy atom. The number of hydrogen-bond acceptors (Lipinski definition) is 5. The van der Waals surface area contributed by atoms with Crippen molar-refractivity contribution in [2.75, 3.05) is 0 Å². The second kappa shape index (κ2) is 7.73. The lowest BCUT2D eigenvalue weighted by molar-refractivity contribution is -0.385. The van der Waals surface area contributed by atoms with Crippen molar-refractivity contribution in [3.05, 3.63) is 39.9 Å². The molecule has 0 radical (unpaired) electrons.